The lowest BCUT2D eigenvalue weighted by atomic mass is 10.1. The Balaban J connectivity index is 2.31. The Bertz CT molecular complexity index is 681. The fraction of sp³-hybridized carbons (Fsp3) is 0.133. The fourth-order valence-corrected chi connectivity index (χ4v) is 3.71. The molecule has 0 spiro atoms. The number of amides is 1. The van der Waals surface area contributed by atoms with Gasteiger partial charge in [-0.05, 0) is 68.6 Å². The maximum atomic E-state index is 12.3. The van der Waals surface area contributed by atoms with E-state index in [1.807, 2.05) is 25.1 Å². The van der Waals surface area contributed by atoms with Gasteiger partial charge in [-0.1, -0.05) is 15.9 Å². The van der Waals surface area contributed by atoms with E-state index in [2.05, 4.69) is 53.1 Å². The minimum Gasteiger partial charge on any atom is -0.495 e. The maximum absolute atomic E-state index is 12.3. The Morgan fingerprint density at radius 2 is 1.76 bits per heavy atom. The molecule has 21 heavy (non-hydrogen) atoms. The lowest BCUT2D eigenvalue weighted by Gasteiger charge is -2.11. The lowest BCUT2D eigenvalue weighted by molar-refractivity contribution is 0.102. The van der Waals surface area contributed by atoms with Crippen molar-refractivity contribution in [3.63, 3.8) is 0 Å². The van der Waals surface area contributed by atoms with E-state index in [0.717, 1.165) is 19.0 Å². The van der Waals surface area contributed by atoms with Gasteiger partial charge in [-0.25, -0.2) is 0 Å². The number of carbonyl (C=O) groups is 1. The van der Waals surface area contributed by atoms with Crippen molar-refractivity contribution < 1.29 is 9.53 Å². The van der Waals surface area contributed by atoms with Crippen molar-refractivity contribution in [1.29, 1.82) is 0 Å². The van der Waals surface area contributed by atoms with Gasteiger partial charge in [-0.2, -0.15) is 0 Å². The second kappa shape index (κ2) is 6.94. The van der Waals surface area contributed by atoms with Crippen LogP contribution < -0.4 is 10.1 Å². The second-order valence-electron chi connectivity index (χ2n) is 4.44. The van der Waals surface area contributed by atoms with Crippen LogP contribution in [-0.4, -0.2) is 13.0 Å². The summed E-state index contributed by atoms with van der Waals surface area (Å²) in [5, 5.41) is 2.88. The number of nitrogens with one attached hydrogen (secondary N) is 1. The van der Waals surface area contributed by atoms with E-state index < -0.39 is 0 Å². The summed E-state index contributed by atoms with van der Waals surface area (Å²) in [5.41, 5.74) is 2.26. The third kappa shape index (κ3) is 4.08. The molecular weight excluding hydrogens is 466 g/mol. The molecule has 0 bridgehead atoms. The molecule has 0 heterocycles. The molecule has 0 radical (unpaired) electrons. The normalized spacial score (nSPS) is 10.3. The van der Waals surface area contributed by atoms with Gasteiger partial charge < -0.3 is 10.1 Å². The van der Waals surface area contributed by atoms with Gasteiger partial charge in [0.05, 0.1) is 17.3 Å². The first-order valence-electron chi connectivity index (χ1n) is 6.02. The molecular formula is C15H12Br3NO2. The van der Waals surface area contributed by atoms with Gasteiger partial charge >= 0.3 is 0 Å². The predicted molar refractivity (Wildman–Crippen MR) is 95.2 cm³/mol. The molecule has 0 saturated carbocycles. The number of carbonyl (C=O) groups excluding carboxylic acids is 1. The Hall–Kier alpha value is -0.850. The molecule has 0 aliphatic carbocycles. The van der Waals surface area contributed by atoms with Gasteiger partial charge in [0.25, 0.3) is 5.91 Å². The van der Waals surface area contributed by atoms with E-state index in [1.54, 1.807) is 19.2 Å². The van der Waals surface area contributed by atoms with Crippen molar-refractivity contribution in [3.05, 3.63) is 54.9 Å². The molecule has 0 unspecified atom stereocenters. The number of methoxy groups -OCH3 is 1. The smallest absolute Gasteiger partial charge is 0.255 e. The molecule has 2 aromatic rings. The van der Waals surface area contributed by atoms with E-state index in [1.165, 1.54) is 0 Å². The molecule has 2 aromatic carbocycles. The van der Waals surface area contributed by atoms with E-state index in [4.69, 9.17) is 4.74 Å². The van der Waals surface area contributed by atoms with Gasteiger partial charge in [0.15, 0.2) is 0 Å². The Kier molecular flexibility index (Phi) is 5.46. The number of ether oxygens (including phenoxy) is 1. The van der Waals surface area contributed by atoms with Crippen molar-refractivity contribution >= 4 is 59.4 Å². The maximum Gasteiger partial charge on any atom is 0.255 e. The summed E-state index contributed by atoms with van der Waals surface area (Å²) in [5.74, 6) is 0.475. The molecule has 0 aliphatic rings. The summed E-state index contributed by atoms with van der Waals surface area (Å²) in [6, 6.07) is 9.17. The first-order chi connectivity index (χ1) is 9.90. The molecule has 110 valence electrons. The molecule has 0 aliphatic heterocycles. The standard InChI is InChI=1S/C15H12Br3NO2/c1-8-3-9(5-10(16)4-8)15(20)19-13-7-14(21-2)12(18)6-11(13)17/h3-7H,1-2H3,(H,19,20). The average molecular weight is 478 g/mol. The van der Waals surface area contributed by atoms with Gasteiger partial charge in [0, 0.05) is 20.6 Å². The van der Waals surface area contributed by atoms with Crippen molar-refractivity contribution in [2.24, 2.45) is 0 Å². The summed E-state index contributed by atoms with van der Waals surface area (Å²) in [4.78, 5) is 12.3. The van der Waals surface area contributed by atoms with E-state index >= 15 is 0 Å². The quantitative estimate of drug-likeness (QED) is 0.630. The number of benzene rings is 2. The summed E-state index contributed by atoms with van der Waals surface area (Å²) in [6.45, 7) is 1.94. The second-order valence-corrected chi connectivity index (χ2v) is 7.06. The number of halogens is 3. The molecule has 0 atom stereocenters. The zero-order chi connectivity index (χ0) is 15.6. The first kappa shape index (κ1) is 16.5. The highest BCUT2D eigenvalue weighted by molar-refractivity contribution is 9.11. The third-order valence-electron chi connectivity index (χ3n) is 2.79. The monoisotopic (exact) mass is 475 g/mol. The zero-order valence-corrected chi connectivity index (χ0v) is 16.1. The Morgan fingerprint density at radius 1 is 1.05 bits per heavy atom. The van der Waals surface area contributed by atoms with E-state index in [9.17, 15) is 4.79 Å². The summed E-state index contributed by atoms with van der Waals surface area (Å²) in [6.07, 6.45) is 0. The molecule has 2 rings (SSSR count). The third-order valence-corrected chi connectivity index (χ3v) is 4.53. The zero-order valence-electron chi connectivity index (χ0n) is 11.3. The highest BCUT2D eigenvalue weighted by Crippen LogP contribution is 2.34. The van der Waals surface area contributed by atoms with Crippen LogP contribution in [0.15, 0.2) is 43.7 Å². The van der Waals surface area contributed by atoms with Crippen LogP contribution in [0.25, 0.3) is 0 Å². The van der Waals surface area contributed by atoms with Gasteiger partial charge in [0.1, 0.15) is 5.75 Å². The minimum atomic E-state index is -0.176. The van der Waals surface area contributed by atoms with Gasteiger partial charge in [0.2, 0.25) is 0 Å². The Labute approximate surface area is 148 Å². The predicted octanol–water partition coefficient (Wildman–Crippen LogP) is 5.54. The van der Waals surface area contributed by atoms with Crippen molar-refractivity contribution in [2.45, 2.75) is 6.92 Å². The molecule has 0 aromatic heterocycles. The van der Waals surface area contributed by atoms with Gasteiger partial charge in [-0.15, -0.1) is 0 Å². The summed E-state index contributed by atoms with van der Waals surface area (Å²) >= 11 is 10.2. The number of anilines is 1. The summed E-state index contributed by atoms with van der Waals surface area (Å²) < 4.78 is 7.70. The molecule has 0 saturated heterocycles. The van der Waals surface area contributed by atoms with Crippen LogP contribution in [0.5, 0.6) is 5.75 Å². The Morgan fingerprint density at radius 3 is 2.38 bits per heavy atom. The van der Waals surface area contributed by atoms with Crippen LogP contribution in [0.1, 0.15) is 15.9 Å². The van der Waals surface area contributed by atoms with Crippen molar-refractivity contribution in [2.75, 3.05) is 12.4 Å². The fourth-order valence-electron chi connectivity index (χ4n) is 1.84. The number of rotatable bonds is 3. The molecule has 0 fully saturated rings. The molecule has 3 nitrogen and oxygen atoms in total. The van der Waals surface area contributed by atoms with Crippen molar-refractivity contribution in [3.8, 4) is 5.75 Å². The van der Waals surface area contributed by atoms with Crippen LogP contribution in [0.4, 0.5) is 5.69 Å². The number of hydrogen-bond acceptors (Lipinski definition) is 2. The highest BCUT2D eigenvalue weighted by Gasteiger charge is 2.12. The lowest BCUT2D eigenvalue weighted by Crippen LogP contribution is -2.12. The largest absolute Gasteiger partial charge is 0.495 e. The van der Waals surface area contributed by atoms with Crippen LogP contribution in [0.2, 0.25) is 0 Å². The topological polar surface area (TPSA) is 38.3 Å². The SMILES string of the molecule is COc1cc(NC(=O)c2cc(C)cc(Br)c2)c(Br)cc1Br. The average Bonchev–Trinajstić information content (AvgIpc) is 2.40. The molecule has 1 N–H and O–H groups in total. The molecule has 1 amide bonds. The highest BCUT2D eigenvalue weighted by atomic mass is 79.9. The number of hydrogen-bond donors (Lipinski definition) is 1. The van der Waals surface area contributed by atoms with Crippen LogP contribution in [0.3, 0.4) is 0 Å². The van der Waals surface area contributed by atoms with E-state index in [0.29, 0.717) is 17.0 Å². The molecule has 6 heteroatoms. The first-order valence-corrected chi connectivity index (χ1v) is 8.40. The number of aryl methyl sites for hydroxylation is 1. The van der Waals surface area contributed by atoms with Crippen molar-refractivity contribution in [1.82, 2.24) is 0 Å². The minimum absolute atomic E-state index is 0.176. The van der Waals surface area contributed by atoms with Crippen LogP contribution in [0, 0.1) is 6.92 Å². The summed E-state index contributed by atoms with van der Waals surface area (Å²) in [7, 11) is 1.58. The van der Waals surface area contributed by atoms with Crippen LogP contribution in [-0.2, 0) is 0 Å². The van der Waals surface area contributed by atoms with Gasteiger partial charge in [-0.3, -0.25) is 4.79 Å². The van der Waals surface area contributed by atoms with E-state index in [-0.39, 0.29) is 5.91 Å². The van der Waals surface area contributed by atoms with Crippen LogP contribution >= 0.6 is 47.8 Å².